The van der Waals surface area contributed by atoms with E-state index in [-0.39, 0.29) is 0 Å². The number of fused-ring (bicyclic) bond motifs is 1. The van der Waals surface area contributed by atoms with Gasteiger partial charge in [-0.1, -0.05) is 29.8 Å². The van der Waals surface area contributed by atoms with Crippen LogP contribution in [0.5, 0.6) is 0 Å². The molecule has 2 heterocycles. The standard InChI is InChI=1S/C24H28N2O3/c1-14-6-8-16(9-7-14)20-18-12-13-26(17-10-11-17)22(18)25-15(2)19(20)21(23(27)28)29-24(3,4)5/h6-9,12-13,17,21H,10-11H2,1-5H3,(H,27,28). The number of aliphatic carboxylic acids is 1. The van der Waals surface area contributed by atoms with Crippen molar-refractivity contribution in [2.45, 2.75) is 65.2 Å². The van der Waals surface area contributed by atoms with Crippen molar-refractivity contribution in [3.63, 3.8) is 0 Å². The third kappa shape index (κ3) is 3.79. The first-order valence-electron chi connectivity index (χ1n) is 10.1. The van der Waals surface area contributed by atoms with Gasteiger partial charge in [0.25, 0.3) is 0 Å². The maximum absolute atomic E-state index is 12.3. The lowest BCUT2D eigenvalue weighted by molar-refractivity contribution is -0.160. The molecule has 3 aromatic rings. The van der Waals surface area contributed by atoms with Gasteiger partial charge >= 0.3 is 5.97 Å². The van der Waals surface area contributed by atoms with Gasteiger partial charge in [-0.2, -0.15) is 0 Å². The largest absolute Gasteiger partial charge is 0.479 e. The summed E-state index contributed by atoms with van der Waals surface area (Å²) in [5, 5.41) is 11.0. The maximum Gasteiger partial charge on any atom is 0.337 e. The summed E-state index contributed by atoms with van der Waals surface area (Å²) in [6.07, 6.45) is 3.32. The minimum absolute atomic E-state index is 0.497. The molecule has 0 bridgehead atoms. The van der Waals surface area contributed by atoms with E-state index in [2.05, 4.69) is 41.1 Å². The number of hydrogen-bond acceptors (Lipinski definition) is 3. The van der Waals surface area contributed by atoms with Crippen LogP contribution < -0.4 is 0 Å². The molecule has 0 radical (unpaired) electrons. The molecule has 1 fully saturated rings. The summed E-state index contributed by atoms with van der Waals surface area (Å²) in [6.45, 7) is 9.56. The van der Waals surface area contributed by atoms with Gasteiger partial charge in [0.15, 0.2) is 6.10 Å². The molecule has 1 saturated carbocycles. The van der Waals surface area contributed by atoms with Gasteiger partial charge in [0, 0.05) is 34.4 Å². The third-order valence-corrected chi connectivity index (χ3v) is 5.33. The normalized spacial score (nSPS) is 15.6. The molecule has 29 heavy (non-hydrogen) atoms. The lowest BCUT2D eigenvalue weighted by Gasteiger charge is -2.28. The van der Waals surface area contributed by atoms with Crippen LogP contribution in [0, 0.1) is 13.8 Å². The van der Waals surface area contributed by atoms with Gasteiger partial charge in [0.2, 0.25) is 0 Å². The van der Waals surface area contributed by atoms with E-state index in [0.717, 1.165) is 40.6 Å². The van der Waals surface area contributed by atoms with Crippen LogP contribution in [0.1, 0.15) is 62.6 Å². The van der Waals surface area contributed by atoms with E-state index in [1.807, 2.05) is 34.6 Å². The molecule has 152 valence electrons. The van der Waals surface area contributed by atoms with Crippen LogP contribution in [0.2, 0.25) is 0 Å². The molecular weight excluding hydrogens is 364 g/mol. The molecule has 1 atom stereocenters. The highest BCUT2D eigenvalue weighted by molar-refractivity contribution is 5.98. The van der Waals surface area contributed by atoms with Crippen molar-refractivity contribution in [1.29, 1.82) is 0 Å². The predicted octanol–water partition coefficient (Wildman–Crippen LogP) is 5.60. The van der Waals surface area contributed by atoms with Gasteiger partial charge in [-0.3, -0.25) is 0 Å². The summed E-state index contributed by atoms with van der Waals surface area (Å²) in [4.78, 5) is 17.1. The summed E-state index contributed by atoms with van der Waals surface area (Å²) in [6, 6.07) is 10.8. The second-order valence-corrected chi connectivity index (χ2v) is 8.99. The Bertz CT molecular complexity index is 1070. The topological polar surface area (TPSA) is 64.3 Å². The smallest absolute Gasteiger partial charge is 0.337 e. The van der Waals surface area contributed by atoms with Crippen LogP contribution in [-0.4, -0.2) is 26.2 Å². The van der Waals surface area contributed by atoms with Crippen molar-refractivity contribution in [3.05, 3.63) is 53.3 Å². The summed E-state index contributed by atoms with van der Waals surface area (Å²) >= 11 is 0. The Hall–Kier alpha value is -2.66. The number of aryl methyl sites for hydroxylation is 2. The molecular formula is C24H28N2O3. The molecule has 5 nitrogen and oxygen atoms in total. The molecule has 1 aliphatic rings. The molecule has 1 aliphatic carbocycles. The van der Waals surface area contributed by atoms with Crippen molar-refractivity contribution in [2.24, 2.45) is 0 Å². The minimum atomic E-state index is -1.09. The summed E-state index contributed by atoms with van der Waals surface area (Å²) in [7, 11) is 0. The van der Waals surface area contributed by atoms with Crippen LogP contribution in [0.15, 0.2) is 36.5 Å². The van der Waals surface area contributed by atoms with Crippen molar-refractivity contribution in [3.8, 4) is 11.1 Å². The van der Waals surface area contributed by atoms with E-state index >= 15 is 0 Å². The van der Waals surface area contributed by atoms with Gasteiger partial charge < -0.3 is 14.4 Å². The number of carbonyl (C=O) groups is 1. The molecule has 5 heteroatoms. The van der Waals surface area contributed by atoms with E-state index in [4.69, 9.17) is 9.72 Å². The second-order valence-electron chi connectivity index (χ2n) is 8.99. The quantitative estimate of drug-likeness (QED) is 0.614. The van der Waals surface area contributed by atoms with Crippen LogP contribution in [0.4, 0.5) is 0 Å². The minimum Gasteiger partial charge on any atom is -0.479 e. The maximum atomic E-state index is 12.3. The number of benzene rings is 1. The van der Waals surface area contributed by atoms with Crippen LogP contribution in [0.25, 0.3) is 22.2 Å². The first-order chi connectivity index (χ1) is 13.7. The number of rotatable bonds is 5. The zero-order chi connectivity index (χ0) is 20.9. The zero-order valence-electron chi connectivity index (χ0n) is 17.7. The second kappa shape index (κ2) is 6.99. The predicted molar refractivity (Wildman–Crippen MR) is 114 cm³/mol. The van der Waals surface area contributed by atoms with Crippen LogP contribution >= 0.6 is 0 Å². The Kier molecular flexibility index (Phi) is 4.74. The number of aromatic nitrogens is 2. The van der Waals surface area contributed by atoms with E-state index in [1.54, 1.807) is 0 Å². The number of ether oxygens (including phenoxy) is 1. The molecule has 1 N–H and O–H groups in total. The zero-order valence-corrected chi connectivity index (χ0v) is 17.7. The molecule has 2 aromatic heterocycles. The number of nitrogens with zero attached hydrogens (tertiary/aromatic N) is 2. The first kappa shape index (κ1) is 19.6. The number of carboxylic acids is 1. The molecule has 1 aromatic carbocycles. The fraction of sp³-hybridized carbons (Fsp3) is 0.417. The van der Waals surface area contributed by atoms with Crippen molar-refractivity contribution < 1.29 is 14.6 Å². The molecule has 0 aliphatic heterocycles. The Morgan fingerprint density at radius 3 is 2.38 bits per heavy atom. The number of carboxylic acid groups (broad SMARTS) is 1. The molecule has 0 amide bonds. The molecule has 0 saturated heterocycles. The van der Waals surface area contributed by atoms with Crippen molar-refractivity contribution in [2.75, 3.05) is 0 Å². The lowest BCUT2D eigenvalue weighted by atomic mass is 9.92. The summed E-state index contributed by atoms with van der Waals surface area (Å²) in [5.41, 5.74) is 4.71. The highest BCUT2D eigenvalue weighted by atomic mass is 16.5. The van der Waals surface area contributed by atoms with E-state index in [0.29, 0.717) is 17.3 Å². The fourth-order valence-corrected chi connectivity index (χ4v) is 3.88. The van der Waals surface area contributed by atoms with Gasteiger partial charge in [-0.05, 0) is 59.1 Å². The first-order valence-corrected chi connectivity index (χ1v) is 10.1. The molecule has 4 rings (SSSR count). The van der Waals surface area contributed by atoms with E-state index in [9.17, 15) is 9.90 Å². The van der Waals surface area contributed by atoms with Crippen molar-refractivity contribution in [1.82, 2.24) is 9.55 Å². The number of hydrogen-bond donors (Lipinski definition) is 1. The summed E-state index contributed by atoms with van der Waals surface area (Å²) in [5.74, 6) is -1.00. The van der Waals surface area contributed by atoms with Gasteiger partial charge in [0.05, 0.1) is 5.60 Å². The monoisotopic (exact) mass is 392 g/mol. The van der Waals surface area contributed by atoms with Gasteiger partial charge in [-0.25, -0.2) is 9.78 Å². The molecule has 0 spiro atoms. The van der Waals surface area contributed by atoms with Gasteiger partial charge in [-0.15, -0.1) is 0 Å². The van der Waals surface area contributed by atoms with Crippen molar-refractivity contribution >= 4 is 17.0 Å². The van der Waals surface area contributed by atoms with Crippen LogP contribution in [0.3, 0.4) is 0 Å². The Labute approximate surface area is 171 Å². The van der Waals surface area contributed by atoms with Gasteiger partial charge in [0.1, 0.15) is 5.65 Å². The average Bonchev–Trinajstić information content (AvgIpc) is 3.39. The fourth-order valence-electron chi connectivity index (χ4n) is 3.88. The Balaban J connectivity index is 2.02. The lowest BCUT2D eigenvalue weighted by Crippen LogP contribution is -2.28. The highest BCUT2D eigenvalue weighted by Gasteiger charge is 2.33. The van der Waals surface area contributed by atoms with Crippen LogP contribution in [-0.2, 0) is 9.53 Å². The number of pyridine rings is 1. The average molecular weight is 392 g/mol. The molecule has 1 unspecified atom stereocenters. The Morgan fingerprint density at radius 2 is 1.83 bits per heavy atom. The van der Waals surface area contributed by atoms with E-state index < -0.39 is 17.7 Å². The summed E-state index contributed by atoms with van der Waals surface area (Å²) < 4.78 is 8.25. The SMILES string of the molecule is Cc1ccc(-c2c(C(OC(C)(C)C)C(=O)O)c(C)nc3c2ccn3C2CC2)cc1. The Morgan fingerprint density at radius 1 is 1.17 bits per heavy atom. The van der Waals surface area contributed by atoms with E-state index in [1.165, 1.54) is 0 Å². The third-order valence-electron chi connectivity index (χ3n) is 5.33. The highest BCUT2D eigenvalue weighted by Crippen LogP contribution is 2.43.